The fourth-order valence-electron chi connectivity index (χ4n) is 2.09. The van der Waals surface area contributed by atoms with Crippen LogP contribution in [-0.4, -0.2) is 26.9 Å². The number of hydrogen-bond acceptors (Lipinski definition) is 7. The van der Waals surface area contributed by atoms with Gasteiger partial charge in [-0.25, -0.2) is 0 Å². The zero-order valence-corrected chi connectivity index (χ0v) is 12.0. The molecule has 8 heteroatoms. The van der Waals surface area contributed by atoms with Crippen molar-refractivity contribution < 1.29 is 29.3 Å². The van der Waals surface area contributed by atoms with Crippen molar-refractivity contribution in [3.05, 3.63) is 76.3 Å². The molecular formula is C16H10N2O6. The van der Waals surface area contributed by atoms with Crippen molar-refractivity contribution in [1.82, 2.24) is 5.16 Å². The topological polar surface area (TPSA) is 128 Å². The number of aromatic hydroxyl groups is 2. The highest BCUT2D eigenvalue weighted by molar-refractivity contribution is 6.16. The molecule has 1 aromatic heterocycles. The number of phenolic OH excluding ortho intramolecular Hbond substituents is 2. The van der Waals surface area contributed by atoms with Crippen LogP contribution in [0.2, 0.25) is 0 Å². The Hall–Kier alpha value is -3.68. The fourth-order valence-corrected chi connectivity index (χ4v) is 2.09. The maximum absolute atomic E-state index is 12.5. The Bertz CT molecular complexity index is 913. The number of benzene rings is 2. The molecule has 2 N–H and O–H groups in total. The molecule has 0 radical (unpaired) electrons. The molecule has 0 fully saturated rings. The summed E-state index contributed by atoms with van der Waals surface area (Å²) in [5.74, 6) is -1.55. The molecule has 24 heavy (non-hydrogen) atoms. The summed E-state index contributed by atoms with van der Waals surface area (Å²) >= 11 is 0. The zero-order chi connectivity index (χ0) is 17.3. The fraction of sp³-hybridized carbons (Fsp3) is 0. The molecule has 0 bridgehead atoms. The van der Waals surface area contributed by atoms with Crippen molar-refractivity contribution in [2.75, 3.05) is 0 Å². The van der Waals surface area contributed by atoms with Gasteiger partial charge in [-0.15, -0.1) is 0 Å². The molecule has 0 saturated heterocycles. The SMILES string of the molecule is O=C(c1ccc(O)cc1)c1no[n+]([O-])c1C(=O)c1ccc(O)cc1. The Morgan fingerprint density at radius 3 is 1.83 bits per heavy atom. The molecule has 0 aliphatic carbocycles. The Morgan fingerprint density at radius 2 is 1.33 bits per heavy atom. The Labute approximate surface area is 134 Å². The van der Waals surface area contributed by atoms with E-state index in [1.165, 1.54) is 48.5 Å². The second-order valence-electron chi connectivity index (χ2n) is 4.88. The minimum atomic E-state index is -0.770. The van der Waals surface area contributed by atoms with E-state index in [0.717, 1.165) is 0 Å². The van der Waals surface area contributed by atoms with Crippen LogP contribution in [0.1, 0.15) is 32.1 Å². The van der Waals surface area contributed by atoms with Crippen molar-refractivity contribution >= 4 is 11.6 Å². The summed E-state index contributed by atoms with van der Waals surface area (Å²) in [4.78, 5) is 24.8. The number of nitrogens with zero attached hydrogens (tertiary/aromatic N) is 2. The van der Waals surface area contributed by atoms with E-state index in [2.05, 4.69) is 9.79 Å². The van der Waals surface area contributed by atoms with Gasteiger partial charge in [-0.1, -0.05) is 0 Å². The van der Waals surface area contributed by atoms with E-state index in [0.29, 0.717) is 0 Å². The van der Waals surface area contributed by atoms with E-state index in [-0.39, 0.29) is 27.5 Å². The number of ketones is 2. The van der Waals surface area contributed by atoms with E-state index in [9.17, 15) is 25.0 Å². The van der Waals surface area contributed by atoms with Crippen molar-refractivity contribution in [3.8, 4) is 11.5 Å². The summed E-state index contributed by atoms with van der Waals surface area (Å²) < 4.78 is 4.40. The van der Waals surface area contributed by atoms with Crippen molar-refractivity contribution in [3.63, 3.8) is 0 Å². The highest BCUT2D eigenvalue weighted by Gasteiger charge is 2.33. The van der Waals surface area contributed by atoms with Crippen LogP contribution in [0.15, 0.2) is 53.2 Å². The Kier molecular flexibility index (Phi) is 3.70. The van der Waals surface area contributed by atoms with Gasteiger partial charge in [0.15, 0.2) is 0 Å². The van der Waals surface area contributed by atoms with Crippen LogP contribution in [0.3, 0.4) is 0 Å². The quantitative estimate of drug-likeness (QED) is 0.544. The number of aromatic nitrogens is 2. The maximum Gasteiger partial charge on any atom is 0.300 e. The molecule has 0 aliphatic rings. The average molecular weight is 326 g/mol. The molecule has 0 atom stereocenters. The van der Waals surface area contributed by atoms with Gasteiger partial charge in [0, 0.05) is 11.1 Å². The predicted molar refractivity (Wildman–Crippen MR) is 78.5 cm³/mol. The Morgan fingerprint density at radius 1 is 0.875 bits per heavy atom. The summed E-state index contributed by atoms with van der Waals surface area (Å²) in [5, 5.41) is 33.6. The van der Waals surface area contributed by atoms with E-state index in [1.807, 2.05) is 0 Å². The predicted octanol–water partition coefficient (Wildman–Crippen LogP) is 1.18. The number of hydrogen-bond donors (Lipinski definition) is 2. The van der Waals surface area contributed by atoms with Crippen molar-refractivity contribution in [2.45, 2.75) is 0 Å². The number of rotatable bonds is 4. The number of phenols is 2. The summed E-state index contributed by atoms with van der Waals surface area (Å²) in [6.07, 6.45) is 0. The summed E-state index contributed by atoms with van der Waals surface area (Å²) in [5.41, 5.74) is -0.783. The van der Waals surface area contributed by atoms with Gasteiger partial charge in [0.05, 0.1) is 5.16 Å². The average Bonchev–Trinajstić information content (AvgIpc) is 2.96. The molecule has 0 amide bonds. The van der Waals surface area contributed by atoms with E-state index in [1.54, 1.807) is 0 Å². The standard InChI is InChI=1S/C16H10N2O6/c19-11-5-1-9(2-6-11)15(21)13-14(18(23)24-17-13)16(22)10-3-7-12(20)8-4-10/h1-8,19-20H. The van der Waals surface area contributed by atoms with Gasteiger partial charge in [0.2, 0.25) is 11.6 Å². The van der Waals surface area contributed by atoms with Crippen LogP contribution in [0.4, 0.5) is 0 Å². The number of carbonyl (C=O) groups is 2. The first kappa shape index (κ1) is 15.2. The molecule has 0 aliphatic heterocycles. The van der Waals surface area contributed by atoms with E-state index < -0.39 is 23.0 Å². The van der Waals surface area contributed by atoms with Gasteiger partial charge in [-0.3, -0.25) is 14.2 Å². The largest absolute Gasteiger partial charge is 0.508 e. The molecule has 0 spiro atoms. The van der Waals surface area contributed by atoms with E-state index in [4.69, 9.17) is 0 Å². The van der Waals surface area contributed by atoms with Crippen LogP contribution in [0, 0.1) is 5.21 Å². The second kappa shape index (κ2) is 5.84. The first-order chi connectivity index (χ1) is 11.5. The molecule has 120 valence electrons. The molecule has 8 nitrogen and oxygen atoms in total. The second-order valence-corrected chi connectivity index (χ2v) is 4.88. The molecule has 2 aromatic carbocycles. The van der Waals surface area contributed by atoms with Gasteiger partial charge in [-0.05, 0) is 53.4 Å². The third-order valence-corrected chi connectivity index (χ3v) is 3.30. The van der Waals surface area contributed by atoms with Gasteiger partial charge in [0.25, 0.3) is 11.4 Å². The lowest BCUT2D eigenvalue weighted by Crippen LogP contribution is -2.32. The summed E-state index contributed by atoms with van der Waals surface area (Å²) in [6, 6.07) is 10.4. The smallest absolute Gasteiger partial charge is 0.300 e. The van der Waals surface area contributed by atoms with Gasteiger partial charge < -0.3 is 15.4 Å². The van der Waals surface area contributed by atoms with Crippen LogP contribution in [0.25, 0.3) is 0 Å². The van der Waals surface area contributed by atoms with Gasteiger partial charge >= 0.3 is 0 Å². The molecule has 1 heterocycles. The molecule has 3 rings (SSSR count). The highest BCUT2D eigenvalue weighted by Crippen LogP contribution is 2.18. The molecule has 3 aromatic rings. The van der Waals surface area contributed by atoms with Crippen molar-refractivity contribution in [1.29, 1.82) is 0 Å². The molecule has 0 saturated carbocycles. The Balaban J connectivity index is 2.02. The van der Waals surface area contributed by atoms with Crippen LogP contribution in [-0.2, 0) is 0 Å². The molecule has 0 unspecified atom stereocenters. The third-order valence-electron chi connectivity index (χ3n) is 3.30. The van der Waals surface area contributed by atoms with E-state index >= 15 is 0 Å². The van der Waals surface area contributed by atoms with Crippen molar-refractivity contribution in [2.24, 2.45) is 0 Å². The van der Waals surface area contributed by atoms with Crippen LogP contribution in [0.5, 0.6) is 11.5 Å². The monoisotopic (exact) mass is 326 g/mol. The summed E-state index contributed by atoms with van der Waals surface area (Å²) in [7, 11) is 0. The minimum Gasteiger partial charge on any atom is -0.508 e. The van der Waals surface area contributed by atoms with Gasteiger partial charge in [0.1, 0.15) is 11.5 Å². The zero-order valence-electron chi connectivity index (χ0n) is 12.0. The van der Waals surface area contributed by atoms with Crippen LogP contribution >= 0.6 is 0 Å². The lowest BCUT2D eigenvalue weighted by molar-refractivity contribution is -0.803. The van der Waals surface area contributed by atoms with Crippen LogP contribution < -0.4 is 4.90 Å². The maximum atomic E-state index is 12.5. The van der Waals surface area contributed by atoms with Gasteiger partial charge in [-0.2, -0.15) is 0 Å². The normalized spacial score (nSPS) is 10.5. The highest BCUT2D eigenvalue weighted by atomic mass is 16.8. The first-order valence-electron chi connectivity index (χ1n) is 6.74. The lowest BCUT2D eigenvalue weighted by atomic mass is 10.0. The summed E-state index contributed by atoms with van der Waals surface area (Å²) in [6.45, 7) is 0. The first-order valence-corrected chi connectivity index (χ1v) is 6.74. The minimum absolute atomic E-state index is 0.0361. The lowest BCUT2D eigenvalue weighted by Gasteiger charge is -2.00. The number of carbonyl (C=O) groups excluding carboxylic acids is 2. The third kappa shape index (κ3) is 2.68. The molecular weight excluding hydrogens is 316 g/mol.